The molecule has 174 valence electrons. The fourth-order valence-electron chi connectivity index (χ4n) is 3.74. The Labute approximate surface area is 177 Å². The number of halogens is 7. The Bertz CT molecular complexity index is 936. The van der Waals surface area contributed by atoms with Gasteiger partial charge in [0, 0.05) is 37.8 Å². The summed E-state index contributed by atoms with van der Waals surface area (Å²) in [6, 6.07) is -1.34. The van der Waals surface area contributed by atoms with Crippen LogP contribution in [0, 0.1) is 0 Å². The molecule has 0 unspecified atom stereocenters. The molecule has 0 amide bonds. The smallest absolute Gasteiger partial charge is 0.351 e. The van der Waals surface area contributed by atoms with E-state index in [1.54, 1.807) is 0 Å². The molecule has 0 bridgehead atoms. The molecule has 7 nitrogen and oxygen atoms in total. The Kier molecular flexibility index (Phi) is 5.57. The second-order valence-electron chi connectivity index (χ2n) is 7.97. The molecule has 2 aromatic heterocycles. The highest BCUT2D eigenvalue weighted by atomic mass is 19.4. The van der Waals surface area contributed by atoms with Gasteiger partial charge in [-0.2, -0.15) is 28.1 Å². The predicted octanol–water partition coefficient (Wildman–Crippen LogP) is 4.55. The van der Waals surface area contributed by atoms with Crippen LogP contribution < -0.4 is 10.6 Å². The minimum atomic E-state index is -4.76. The van der Waals surface area contributed by atoms with Gasteiger partial charge in [0.25, 0.3) is 0 Å². The van der Waals surface area contributed by atoms with Gasteiger partial charge in [-0.25, -0.2) is 22.5 Å². The quantitative estimate of drug-likeness (QED) is 0.627. The molecule has 0 saturated heterocycles. The minimum absolute atomic E-state index is 0.134. The molecule has 0 aromatic carbocycles. The second kappa shape index (κ2) is 7.96. The van der Waals surface area contributed by atoms with E-state index in [0.29, 0.717) is 6.20 Å². The average Bonchev–Trinajstić information content (AvgIpc) is 3.21. The lowest BCUT2D eigenvalue weighted by Gasteiger charge is -2.17. The van der Waals surface area contributed by atoms with E-state index in [9.17, 15) is 30.7 Å². The van der Waals surface area contributed by atoms with E-state index in [0.717, 1.165) is 6.20 Å². The van der Waals surface area contributed by atoms with Crippen LogP contribution in [-0.2, 0) is 6.18 Å². The molecule has 2 heterocycles. The van der Waals surface area contributed by atoms with Gasteiger partial charge in [-0.1, -0.05) is 0 Å². The molecule has 14 heteroatoms. The van der Waals surface area contributed by atoms with Crippen molar-refractivity contribution in [1.82, 2.24) is 24.9 Å². The molecule has 2 N–H and O–H groups in total. The molecular formula is C18H18F7N7. The summed E-state index contributed by atoms with van der Waals surface area (Å²) in [5, 5.41) is 5.46. The number of anilines is 2. The molecule has 0 spiro atoms. The molecule has 2 fully saturated rings. The van der Waals surface area contributed by atoms with Crippen LogP contribution in [0.2, 0.25) is 0 Å². The van der Waals surface area contributed by atoms with Gasteiger partial charge >= 0.3 is 6.18 Å². The molecule has 2 aliphatic carbocycles. The average molecular weight is 465 g/mol. The van der Waals surface area contributed by atoms with Crippen molar-refractivity contribution in [1.29, 1.82) is 0 Å². The van der Waals surface area contributed by atoms with Gasteiger partial charge in [-0.15, -0.1) is 0 Å². The number of aromatic nitrogens is 5. The summed E-state index contributed by atoms with van der Waals surface area (Å²) >= 11 is 0. The second-order valence-corrected chi connectivity index (χ2v) is 7.97. The summed E-state index contributed by atoms with van der Waals surface area (Å²) in [6.07, 6.45) is -4.54. The van der Waals surface area contributed by atoms with Gasteiger partial charge < -0.3 is 10.6 Å². The van der Waals surface area contributed by atoms with Gasteiger partial charge in [0.15, 0.2) is 11.5 Å². The van der Waals surface area contributed by atoms with Crippen LogP contribution in [0.15, 0.2) is 12.4 Å². The van der Waals surface area contributed by atoms with E-state index in [-0.39, 0.29) is 49.1 Å². The highest BCUT2D eigenvalue weighted by Crippen LogP contribution is 2.37. The zero-order valence-electron chi connectivity index (χ0n) is 16.4. The van der Waals surface area contributed by atoms with E-state index < -0.39 is 48.6 Å². The minimum Gasteiger partial charge on any atom is -0.351 e. The Morgan fingerprint density at radius 3 is 1.75 bits per heavy atom. The number of hydrogen-bond acceptors (Lipinski definition) is 7. The Hall–Kier alpha value is -2.80. The first kappa shape index (κ1) is 22.4. The summed E-state index contributed by atoms with van der Waals surface area (Å²) in [6.45, 7) is 0. The van der Waals surface area contributed by atoms with Crippen LogP contribution in [0.4, 0.5) is 42.6 Å². The lowest BCUT2D eigenvalue weighted by molar-refractivity contribution is -0.141. The van der Waals surface area contributed by atoms with Crippen molar-refractivity contribution >= 4 is 11.9 Å². The number of hydrogen-bond donors (Lipinski definition) is 2. The van der Waals surface area contributed by atoms with Crippen molar-refractivity contribution in [3.63, 3.8) is 0 Å². The largest absolute Gasteiger partial charge is 0.434 e. The predicted molar refractivity (Wildman–Crippen MR) is 98.3 cm³/mol. The van der Waals surface area contributed by atoms with Crippen molar-refractivity contribution in [2.24, 2.45) is 0 Å². The van der Waals surface area contributed by atoms with Gasteiger partial charge in [0.1, 0.15) is 5.69 Å². The Morgan fingerprint density at radius 2 is 1.31 bits per heavy atom. The van der Waals surface area contributed by atoms with Gasteiger partial charge in [-0.05, 0) is 12.8 Å². The van der Waals surface area contributed by atoms with Crippen LogP contribution in [0.3, 0.4) is 0 Å². The summed E-state index contributed by atoms with van der Waals surface area (Å²) in [5.41, 5.74) is -1.60. The fourth-order valence-corrected chi connectivity index (χ4v) is 3.74. The van der Waals surface area contributed by atoms with Crippen LogP contribution in [0.5, 0.6) is 0 Å². The maximum atomic E-state index is 13.5. The summed E-state index contributed by atoms with van der Waals surface area (Å²) in [5.74, 6) is -6.36. The first-order chi connectivity index (χ1) is 14.9. The lowest BCUT2D eigenvalue weighted by Crippen LogP contribution is -2.23. The third-order valence-corrected chi connectivity index (χ3v) is 5.26. The topological polar surface area (TPSA) is 88.5 Å². The maximum absolute atomic E-state index is 13.5. The van der Waals surface area contributed by atoms with Gasteiger partial charge in [-0.3, -0.25) is 4.98 Å². The van der Waals surface area contributed by atoms with E-state index >= 15 is 0 Å². The zero-order valence-corrected chi connectivity index (χ0v) is 16.4. The number of alkyl halides is 7. The highest BCUT2D eigenvalue weighted by molar-refractivity contribution is 5.53. The molecule has 0 aliphatic heterocycles. The molecular weight excluding hydrogens is 447 g/mol. The van der Waals surface area contributed by atoms with Crippen LogP contribution in [-0.4, -0.2) is 48.8 Å². The SMILES string of the molecule is FC1(F)CC[C@@H](Nc2nc(N[C@H]3CCC(F)(F)C3)nc(-c3cncc(C(F)(F)F)n3)n2)C1. The van der Waals surface area contributed by atoms with Crippen molar-refractivity contribution in [3.8, 4) is 11.5 Å². The van der Waals surface area contributed by atoms with Crippen molar-refractivity contribution in [2.45, 2.75) is 68.6 Å². The van der Waals surface area contributed by atoms with Crippen LogP contribution in [0.1, 0.15) is 44.2 Å². The molecule has 4 rings (SSSR count). The molecule has 32 heavy (non-hydrogen) atoms. The van der Waals surface area contributed by atoms with E-state index in [2.05, 4.69) is 35.6 Å². The number of nitrogens with zero attached hydrogens (tertiary/aromatic N) is 5. The third-order valence-electron chi connectivity index (χ3n) is 5.26. The molecule has 2 aliphatic rings. The van der Waals surface area contributed by atoms with E-state index in [1.165, 1.54) is 0 Å². The first-order valence-electron chi connectivity index (χ1n) is 9.83. The van der Waals surface area contributed by atoms with Gasteiger partial charge in [0.2, 0.25) is 23.7 Å². The summed E-state index contributed by atoms with van der Waals surface area (Å²) < 4.78 is 93.1. The van der Waals surface area contributed by atoms with E-state index in [4.69, 9.17) is 0 Å². The Balaban J connectivity index is 1.64. The lowest BCUT2D eigenvalue weighted by atomic mass is 10.2. The normalized spacial score (nSPS) is 24.5. The Morgan fingerprint density at radius 1 is 0.781 bits per heavy atom. The number of nitrogens with one attached hydrogen (secondary N) is 2. The van der Waals surface area contributed by atoms with Crippen LogP contribution >= 0.6 is 0 Å². The highest BCUT2D eigenvalue weighted by Gasteiger charge is 2.41. The zero-order chi connectivity index (χ0) is 23.1. The third kappa shape index (κ3) is 5.33. The summed E-state index contributed by atoms with van der Waals surface area (Å²) in [7, 11) is 0. The fraction of sp³-hybridized carbons (Fsp3) is 0.611. The van der Waals surface area contributed by atoms with E-state index in [1.807, 2.05) is 0 Å². The number of rotatable bonds is 5. The molecule has 2 atom stereocenters. The summed E-state index contributed by atoms with van der Waals surface area (Å²) in [4.78, 5) is 19.0. The molecule has 2 saturated carbocycles. The monoisotopic (exact) mass is 465 g/mol. The molecule has 0 radical (unpaired) electrons. The van der Waals surface area contributed by atoms with Gasteiger partial charge in [0.05, 0.1) is 12.4 Å². The molecule has 2 aromatic rings. The van der Waals surface area contributed by atoms with Crippen LogP contribution in [0.25, 0.3) is 11.5 Å². The van der Waals surface area contributed by atoms with Crippen molar-refractivity contribution in [2.75, 3.05) is 10.6 Å². The maximum Gasteiger partial charge on any atom is 0.434 e. The first-order valence-corrected chi connectivity index (χ1v) is 9.83. The van der Waals surface area contributed by atoms with Crippen molar-refractivity contribution in [3.05, 3.63) is 18.1 Å². The van der Waals surface area contributed by atoms with Crippen molar-refractivity contribution < 1.29 is 30.7 Å². The standard InChI is InChI=1S/C18H18F7N7/c19-16(20)3-1-9(5-16)27-14-30-13(11-7-26-8-12(29-11)18(23,24)25)31-15(32-14)28-10-2-4-17(21,22)6-10/h7-10H,1-6H2,(H2,27,28,30,31,32)/t9-,10+.